The van der Waals surface area contributed by atoms with Gasteiger partial charge in [-0.1, -0.05) is 103 Å². The lowest BCUT2D eigenvalue weighted by Gasteiger charge is -2.27. The minimum atomic E-state index is -2.18. The van der Waals surface area contributed by atoms with Crippen molar-refractivity contribution in [2.75, 3.05) is 0 Å². The maximum absolute atomic E-state index is 5.50. The first-order valence-electron chi connectivity index (χ1n) is 8.84. The van der Waals surface area contributed by atoms with Crippen molar-refractivity contribution in [3.63, 3.8) is 0 Å². The van der Waals surface area contributed by atoms with E-state index in [1.54, 1.807) is 0 Å². The van der Waals surface area contributed by atoms with Gasteiger partial charge in [0.15, 0.2) is 0 Å². The third-order valence-electron chi connectivity index (χ3n) is 4.50. The van der Waals surface area contributed by atoms with Crippen LogP contribution in [0, 0.1) is 3.57 Å². The van der Waals surface area contributed by atoms with E-state index in [0.29, 0.717) is 0 Å². The quantitative estimate of drug-likeness (QED) is 0.248. The molecule has 0 saturated heterocycles. The van der Waals surface area contributed by atoms with E-state index in [1.165, 1.54) is 19.5 Å². The van der Waals surface area contributed by atoms with Gasteiger partial charge in [-0.25, -0.2) is 0 Å². The van der Waals surface area contributed by atoms with Gasteiger partial charge in [-0.05, 0) is 34.7 Å². The average Bonchev–Trinajstić information content (AvgIpc) is 2.75. The Morgan fingerprint density at radius 1 is 0.481 bits per heavy atom. The minimum absolute atomic E-state index is 1.04. The molecule has 0 radical (unpaired) electrons. The normalized spacial score (nSPS) is 11.1. The lowest BCUT2D eigenvalue weighted by Crippen LogP contribution is -2.25. The SMILES string of the molecule is Ic1ccccc1N=P(c1ccccc1)(c1ccccc1)c1ccccc1. The van der Waals surface area contributed by atoms with Gasteiger partial charge in [0.1, 0.15) is 0 Å². The third-order valence-corrected chi connectivity index (χ3v) is 9.06. The Labute approximate surface area is 174 Å². The van der Waals surface area contributed by atoms with Gasteiger partial charge in [0.05, 0.1) is 12.7 Å². The van der Waals surface area contributed by atoms with Crippen LogP contribution in [0.5, 0.6) is 0 Å². The van der Waals surface area contributed by atoms with Crippen molar-refractivity contribution < 1.29 is 0 Å². The first kappa shape index (κ1) is 18.2. The summed E-state index contributed by atoms with van der Waals surface area (Å²) in [6.45, 7) is 0. The van der Waals surface area contributed by atoms with Gasteiger partial charge in [-0.3, -0.25) is 4.74 Å². The van der Waals surface area contributed by atoms with Crippen LogP contribution in [0.3, 0.4) is 0 Å². The Morgan fingerprint density at radius 2 is 0.852 bits per heavy atom. The van der Waals surface area contributed by atoms with Crippen LogP contribution < -0.4 is 15.9 Å². The molecule has 0 atom stereocenters. The summed E-state index contributed by atoms with van der Waals surface area (Å²) in [5.74, 6) is 0. The van der Waals surface area contributed by atoms with Gasteiger partial charge in [-0.15, -0.1) is 0 Å². The number of halogens is 1. The van der Waals surface area contributed by atoms with Crippen molar-refractivity contribution in [1.82, 2.24) is 0 Å². The fraction of sp³-hybridized carbons (Fsp3) is 0. The predicted molar refractivity (Wildman–Crippen MR) is 126 cm³/mol. The summed E-state index contributed by atoms with van der Waals surface area (Å²) in [4.78, 5) is 0. The molecule has 132 valence electrons. The van der Waals surface area contributed by atoms with Crippen LogP contribution in [-0.2, 0) is 0 Å². The van der Waals surface area contributed by atoms with Crippen LogP contribution in [0.1, 0.15) is 0 Å². The van der Waals surface area contributed by atoms with E-state index >= 15 is 0 Å². The largest absolute Gasteiger partial charge is 0.253 e. The highest BCUT2D eigenvalue weighted by atomic mass is 127. The zero-order chi connectivity index (χ0) is 18.5. The van der Waals surface area contributed by atoms with Crippen molar-refractivity contribution in [1.29, 1.82) is 0 Å². The Morgan fingerprint density at radius 3 is 1.26 bits per heavy atom. The molecular formula is C24H19INP. The Bertz CT molecular complexity index is 973. The topological polar surface area (TPSA) is 12.4 Å². The van der Waals surface area contributed by atoms with Crippen LogP contribution in [0.25, 0.3) is 0 Å². The summed E-state index contributed by atoms with van der Waals surface area (Å²) in [5.41, 5.74) is 1.04. The molecule has 0 unspecified atom stereocenters. The molecule has 0 aliphatic rings. The van der Waals surface area contributed by atoms with E-state index in [2.05, 4.69) is 138 Å². The second kappa shape index (κ2) is 8.24. The highest BCUT2D eigenvalue weighted by molar-refractivity contribution is 14.1. The molecule has 0 heterocycles. The molecule has 4 aromatic rings. The molecule has 0 N–H and O–H groups in total. The first-order valence-corrected chi connectivity index (χ1v) is 11.7. The maximum Gasteiger partial charge on any atom is 0.0758 e. The number of hydrogen-bond donors (Lipinski definition) is 0. The molecule has 3 heteroatoms. The van der Waals surface area contributed by atoms with E-state index in [0.717, 1.165) is 5.69 Å². The molecule has 0 aliphatic carbocycles. The molecule has 0 aliphatic heterocycles. The van der Waals surface area contributed by atoms with E-state index in [1.807, 2.05) is 0 Å². The van der Waals surface area contributed by atoms with Crippen LogP contribution >= 0.6 is 29.6 Å². The lowest BCUT2D eigenvalue weighted by molar-refractivity contribution is 1.51. The summed E-state index contributed by atoms with van der Waals surface area (Å²) in [5, 5.41) is 3.80. The van der Waals surface area contributed by atoms with Gasteiger partial charge >= 0.3 is 0 Å². The zero-order valence-corrected chi connectivity index (χ0v) is 17.8. The highest BCUT2D eigenvalue weighted by Gasteiger charge is 2.27. The Hall–Kier alpha value is -2.16. The smallest absolute Gasteiger partial charge is 0.0758 e. The Kier molecular flexibility index (Phi) is 5.56. The average molecular weight is 479 g/mol. The molecule has 4 rings (SSSR count). The molecule has 0 saturated carbocycles. The van der Waals surface area contributed by atoms with Crippen molar-refractivity contribution in [3.8, 4) is 0 Å². The van der Waals surface area contributed by atoms with Gasteiger partial charge in [0.2, 0.25) is 0 Å². The summed E-state index contributed by atoms with van der Waals surface area (Å²) >= 11 is 2.38. The molecule has 0 spiro atoms. The molecule has 1 nitrogen and oxygen atoms in total. The molecule has 0 fully saturated rings. The Balaban J connectivity index is 2.15. The minimum Gasteiger partial charge on any atom is -0.253 e. The van der Waals surface area contributed by atoms with Gasteiger partial charge < -0.3 is 0 Å². The van der Waals surface area contributed by atoms with E-state index < -0.39 is 7.05 Å². The van der Waals surface area contributed by atoms with Gasteiger partial charge in [-0.2, -0.15) is 0 Å². The highest BCUT2D eigenvalue weighted by Crippen LogP contribution is 2.49. The molecule has 0 aromatic heterocycles. The van der Waals surface area contributed by atoms with Crippen LogP contribution in [-0.4, -0.2) is 0 Å². The molecular weight excluding hydrogens is 460 g/mol. The zero-order valence-electron chi connectivity index (χ0n) is 14.7. The first-order chi connectivity index (χ1) is 13.3. The summed E-state index contributed by atoms with van der Waals surface area (Å²) in [6.07, 6.45) is 0. The van der Waals surface area contributed by atoms with E-state index in [9.17, 15) is 0 Å². The van der Waals surface area contributed by atoms with Crippen molar-refractivity contribution in [2.24, 2.45) is 4.74 Å². The maximum atomic E-state index is 5.50. The summed E-state index contributed by atoms with van der Waals surface area (Å²) in [7, 11) is -2.18. The van der Waals surface area contributed by atoms with Gasteiger partial charge in [0.25, 0.3) is 0 Å². The number of benzene rings is 4. The molecule has 4 aromatic carbocycles. The van der Waals surface area contributed by atoms with Crippen molar-refractivity contribution >= 4 is 51.2 Å². The summed E-state index contributed by atoms with van der Waals surface area (Å²) < 4.78 is 6.67. The number of hydrogen-bond acceptors (Lipinski definition) is 1. The second-order valence-electron chi connectivity index (χ2n) is 6.19. The summed E-state index contributed by atoms with van der Waals surface area (Å²) in [6, 6.07) is 40.5. The monoisotopic (exact) mass is 479 g/mol. The van der Waals surface area contributed by atoms with Crippen LogP contribution in [0.2, 0.25) is 0 Å². The molecule has 27 heavy (non-hydrogen) atoms. The number of rotatable bonds is 4. The fourth-order valence-electron chi connectivity index (χ4n) is 3.25. The van der Waals surface area contributed by atoms with Gasteiger partial charge in [0, 0.05) is 19.5 Å². The third kappa shape index (κ3) is 3.65. The second-order valence-corrected chi connectivity index (χ2v) is 10.4. The van der Waals surface area contributed by atoms with E-state index in [-0.39, 0.29) is 0 Å². The predicted octanol–water partition coefficient (Wildman–Crippen LogP) is 6.10. The lowest BCUT2D eigenvalue weighted by atomic mass is 10.3. The molecule has 0 bridgehead atoms. The fourth-order valence-corrected chi connectivity index (χ4v) is 7.49. The van der Waals surface area contributed by atoms with Crippen LogP contribution in [0.4, 0.5) is 5.69 Å². The standard InChI is InChI=1S/C24H19INP/c25-23-18-10-11-19-24(23)26-27(20-12-4-1-5-13-20,21-14-6-2-7-15-21)22-16-8-3-9-17-22/h1-19H. The van der Waals surface area contributed by atoms with Crippen molar-refractivity contribution in [2.45, 2.75) is 0 Å². The van der Waals surface area contributed by atoms with E-state index in [4.69, 9.17) is 4.74 Å². The van der Waals surface area contributed by atoms with Crippen molar-refractivity contribution in [3.05, 3.63) is 119 Å². The molecule has 0 amide bonds. The number of nitrogens with zero attached hydrogens (tertiary/aromatic N) is 1. The van der Waals surface area contributed by atoms with Crippen LogP contribution in [0.15, 0.2) is 120 Å².